The van der Waals surface area contributed by atoms with Crippen molar-refractivity contribution in [2.45, 2.75) is 32.2 Å². The van der Waals surface area contributed by atoms with Gasteiger partial charge in [-0.1, -0.05) is 44.2 Å². The Morgan fingerprint density at radius 1 is 1.21 bits per heavy atom. The molecule has 1 aromatic carbocycles. The minimum atomic E-state index is 0.375. The summed E-state index contributed by atoms with van der Waals surface area (Å²) in [6.45, 7) is 4.43. The molecule has 0 aliphatic heterocycles. The van der Waals surface area contributed by atoms with Crippen LogP contribution in [-0.4, -0.2) is 6.04 Å². The lowest BCUT2D eigenvalue weighted by atomic mass is 9.97. The minimum Gasteiger partial charge on any atom is -0.327 e. The maximum Gasteiger partial charge on any atom is 0.00964 e. The summed E-state index contributed by atoms with van der Waals surface area (Å²) >= 11 is 0. The molecule has 0 amide bonds. The Morgan fingerprint density at radius 3 is 2.43 bits per heavy atom. The van der Waals surface area contributed by atoms with Crippen molar-refractivity contribution in [1.82, 2.24) is 0 Å². The van der Waals surface area contributed by atoms with Crippen LogP contribution in [0.2, 0.25) is 0 Å². The van der Waals surface area contributed by atoms with Gasteiger partial charge in [-0.15, -0.1) is 0 Å². The SMILES string of the molecule is CC(C)C(N)[C@@H]1C[C@H]1c1ccccc1. The van der Waals surface area contributed by atoms with Crippen LogP contribution in [-0.2, 0) is 0 Å². The van der Waals surface area contributed by atoms with Gasteiger partial charge in [0.2, 0.25) is 0 Å². The molecule has 2 rings (SSSR count). The normalized spacial score (nSPS) is 27.7. The van der Waals surface area contributed by atoms with Crippen LogP contribution in [0.4, 0.5) is 0 Å². The maximum absolute atomic E-state index is 6.15. The fourth-order valence-corrected chi connectivity index (χ4v) is 2.22. The van der Waals surface area contributed by atoms with Crippen LogP contribution >= 0.6 is 0 Å². The fraction of sp³-hybridized carbons (Fsp3) is 0.538. The van der Waals surface area contributed by atoms with Crippen molar-refractivity contribution in [3.63, 3.8) is 0 Å². The summed E-state index contributed by atoms with van der Waals surface area (Å²) in [6.07, 6.45) is 1.28. The van der Waals surface area contributed by atoms with Gasteiger partial charge in [0, 0.05) is 6.04 Å². The van der Waals surface area contributed by atoms with E-state index in [-0.39, 0.29) is 0 Å². The van der Waals surface area contributed by atoms with Gasteiger partial charge in [0.15, 0.2) is 0 Å². The first-order valence-electron chi connectivity index (χ1n) is 5.50. The molecular formula is C13H19N. The van der Waals surface area contributed by atoms with Crippen molar-refractivity contribution >= 4 is 0 Å². The van der Waals surface area contributed by atoms with E-state index in [1.165, 1.54) is 12.0 Å². The van der Waals surface area contributed by atoms with Crippen LogP contribution < -0.4 is 5.73 Å². The van der Waals surface area contributed by atoms with Gasteiger partial charge >= 0.3 is 0 Å². The number of rotatable bonds is 3. The molecule has 0 bridgehead atoms. The Labute approximate surface area is 86.3 Å². The molecule has 0 radical (unpaired) electrons. The molecule has 1 heteroatoms. The molecule has 3 atom stereocenters. The summed E-state index contributed by atoms with van der Waals surface area (Å²) < 4.78 is 0. The predicted molar refractivity (Wildman–Crippen MR) is 60.1 cm³/mol. The molecule has 0 spiro atoms. The van der Waals surface area contributed by atoms with Crippen LogP contribution in [0.1, 0.15) is 31.7 Å². The van der Waals surface area contributed by atoms with Crippen molar-refractivity contribution in [1.29, 1.82) is 0 Å². The number of hydrogen-bond acceptors (Lipinski definition) is 1. The second-order valence-corrected chi connectivity index (χ2v) is 4.74. The Balaban J connectivity index is 2.00. The highest BCUT2D eigenvalue weighted by Crippen LogP contribution is 2.50. The average molecular weight is 189 g/mol. The van der Waals surface area contributed by atoms with Crippen LogP contribution in [0.5, 0.6) is 0 Å². The van der Waals surface area contributed by atoms with Crippen LogP contribution in [0.3, 0.4) is 0 Å². The summed E-state index contributed by atoms with van der Waals surface area (Å²) in [4.78, 5) is 0. The fourth-order valence-electron chi connectivity index (χ4n) is 2.22. The average Bonchev–Trinajstić information content (AvgIpc) is 2.97. The second-order valence-electron chi connectivity index (χ2n) is 4.74. The van der Waals surface area contributed by atoms with E-state index in [0.29, 0.717) is 12.0 Å². The molecule has 76 valence electrons. The van der Waals surface area contributed by atoms with Crippen LogP contribution in [0, 0.1) is 11.8 Å². The molecular weight excluding hydrogens is 170 g/mol. The van der Waals surface area contributed by atoms with E-state index in [4.69, 9.17) is 5.73 Å². The maximum atomic E-state index is 6.15. The van der Waals surface area contributed by atoms with E-state index >= 15 is 0 Å². The van der Waals surface area contributed by atoms with Gasteiger partial charge < -0.3 is 5.73 Å². The topological polar surface area (TPSA) is 26.0 Å². The van der Waals surface area contributed by atoms with Gasteiger partial charge in [-0.3, -0.25) is 0 Å². The first kappa shape index (κ1) is 9.72. The molecule has 1 unspecified atom stereocenters. The molecule has 0 saturated heterocycles. The molecule has 1 fully saturated rings. The number of benzene rings is 1. The summed E-state index contributed by atoms with van der Waals surface area (Å²) in [5, 5.41) is 0. The van der Waals surface area contributed by atoms with E-state index in [2.05, 4.69) is 44.2 Å². The Bertz CT molecular complexity index is 291. The molecule has 1 saturated carbocycles. The standard InChI is InChI=1S/C13H19N/c1-9(2)13(14)12-8-11(12)10-6-4-3-5-7-10/h3-7,9,11-13H,8,14H2,1-2H3/t11-,12+,13?/m0/s1. The van der Waals surface area contributed by atoms with Gasteiger partial charge in [-0.2, -0.15) is 0 Å². The zero-order chi connectivity index (χ0) is 10.1. The van der Waals surface area contributed by atoms with Gasteiger partial charge in [-0.25, -0.2) is 0 Å². The third-order valence-electron chi connectivity index (χ3n) is 3.33. The molecule has 1 aliphatic rings. The van der Waals surface area contributed by atoms with Gasteiger partial charge in [-0.05, 0) is 29.7 Å². The van der Waals surface area contributed by atoms with E-state index in [0.717, 1.165) is 11.8 Å². The van der Waals surface area contributed by atoms with Crippen molar-refractivity contribution in [2.24, 2.45) is 17.6 Å². The number of nitrogens with two attached hydrogens (primary N) is 1. The Hall–Kier alpha value is -0.820. The highest BCUT2D eigenvalue weighted by molar-refractivity contribution is 5.26. The number of hydrogen-bond donors (Lipinski definition) is 1. The van der Waals surface area contributed by atoms with Gasteiger partial charge in [0.25, 0.3) is 0 Å². The highest BCUT2D eigenvalue weighted by atomic mass is 14.7. The lowest BCUT2D eigenvalue weighted by Gasteiger charge is -2.15. The molecule has 1 nitrogen and oxygen atoms in total. The summed E-state index contributed by atoms with van der Waals surface area (Å²) in [5.74, 6) is 2.06. The van der Waals surface area contributed by atoms with Crippen molar-refractivity contribution < 1.29 is 0 Å². The van der Waals surface area contributed by atoms with Crippen LogP contribution in [0.25, 0.3) is 0 Å². The van der Waals surface area contributed by atoms with Gasteiger partial charge in [0.1, 0.15) is 0 Å². The largest absolute Gasteiger partial charge is 0.327 e. The van der Waals surface area contributed by atoms with Crippen molar-refractivity contribution in [3.8, 4) is 0 Å². The monoisotopic (exact) mass is 189 g/mol. The third-order valence-corrected chi connectivity index (χ3v) is 3.33. The Morgan fingerprint density at radius 2 is 1.86 bits per heavy atom. The lowest BCUT2D eigenvalue weighted by molar-refractivity contribution is 0.440. The molecule has 1 aliphatic carbocycles. The lowest BCUT2D eigenvalue weighted by Crippen LogP contribution is -2.29. The minimum absolute atomic E-state index is 0.375. The zero-order valence-electron chi connectivity index (χ0n) is 8.98. The summed E-state index contributed by atoms with van der Waals surface area (Å²) in [7, 11) is 0. The molecule has 0 heterocycles. The highest BCUT2D eigenvalue weighted by Gasteiger charge is 2.42. The van der Waals surface area contributed by atoms with E-state index in [1.807, 2.05) is 0 Å². The first-order chi connectivity index (χ1) is 6.70. The summed E-state index contributed by atoms with van der Waals surface area (Å²) in [6, 6.07) is 11.1. The molecule has 2 N–H and O–H groups in total. The van der Waals surface area contributed by atoms with Gasteiger partial charge in [0.05, 0.1) is 0 Å². The Kier molecular flexibility index (Phi) is 2.60. The molecule has 0 aromatic heterocycles. The third kappa shape index (κ3) is 1.83. The zero-order valence-corrected chi connectivity index (χ0v) is 8.98. The van der Waals surface area contributed by atoms with Crippen molar-refractivity contribution in [3.05, 3.63) is 35.9 Å². The molecule has 1 aromatic rings. The smallest absolute Gasteiger partial charge is 0.00964 e. The van der Waals surface area contributed by atoms with Crippen molar-refractivity contribution in [2.75, 3.05) is 0 Å². The van der Waals surface area contributed by atoms with Crippen LogP contribution in [0.15, 0.2) is 30.3 Å². The predicted octanol–water partition coefficient (Wildman–Crippen LogP) is 2.77. The van der Waals surface area contributed by atoms with E-state index in [1.54, 1.807) is 0 Å². The second kappa shape index (κ2) is 3.74. The summed E-state index contributed by atoms with van der Waals surface area (Å²) in [5.41, 5.74) is 7.62. The quantitative estimate of drug-likeness (QED) is 0.777. The van der Waals surface area contributed by atoms with E-state index < -0.39 is 0 Å². The van der Waals surface area contributed by atoms with E-state index in [9.17, 15) is 0 Å². The molecule has 14 heavy (non-hydrogen) atoms. The first-order valence-corrected chi connectivity index (χ1v) is 5.50.